The lowest BCUT2D eigenvalue weighted by molar-refractivity contribution is -0.130. The highest BCUT2D eigenvalue weighted by Gasteiger charge is 2.24. The van der Waals surface area contributed by atoms with Crippen molar-refractivity contribution < 1.29 is 21.6 Å². The van der Waals surface area contributed by atoms with Crippen molar-refractivity contribution in [1.82, 2.24) is 9.88 Å². The molecule has 2 heterocycles. The summed E-state index contributed by atoms with van der Waals surface area (Å²) in [6.07, 6.45) is 1.41. The first-order valence-electron chi connectivity index (χ1n) is 10.9. The third-order valence-electron chi connectivity index (χ3n) is 5.91. The lowest BCUT2D eigenvalue weighted by Crippen LogP contribution is -2.49. The van der Waals surface area contributed by atoms with E-state index in [1.165, 1.54) is 17.6 Å². The average Bonchev–Trinajstić information content (AvgIpc) is 3.22. The Labute approximate surface area is 204 Å². The van der Waals surface area contributed by atoms with Crippen LogP contribution in [0.3, 0.4) is 0 Å². The number of hydrogen-bond acceptors (Lipinski definition) is 8. The number of aromatic nitrogens is 1. The first-order valence-corrected chi connectivity index (χ1v) is 15.2. The van der Waals surface area contributed by atoms with Crippen LogP contribution in [0.5, 0.6) is 0 Å². The van der Waals surface area contributed by atoms with Gasteiger partial charge in [-0.2, -0.15) is 0 Å². The Hall–Kier alpha value is -2.50. The second kappa shape index (κ2) is 9.27. The van der Waals surface area contributed by atoms with Gasteiger partial charge in [-0.3, -0.25) is 4.79 Å². The molecular formula is C23H27N3O5S3. The Bertz CT molecular complexity index is 1420. The topological polar surface area (TPSA) is 105 Å². The highest BCUT2D eigenvalue weighted by Crippen LogP contribution is 2.31. The Morgan fingerprint density at radius 3 is 2.18 bits per heavy atom. The summed E-state index contributed by atoms with van der Waals surface area (Å²) in [5.41, 5.74) is 1.54. The normalized spacial score (nSPS) is 15.3. The van der Waals surface area contributed by atoms with Gasteiger partial charge in [0, 0.05) is 32.4 Å². The van der Waals surface area contributed by atoms with Gasteiger partial charge in [-0.15, -0.1) is 0 Å². The van der Waals surface area contributed by atoms with Crippen LogP contribution in [-0.4, -0.2) is 70.3 Å². The zero-order valence-corrected chi connectivity index (χ0v) is 21.7. The standard InChI is InChI=1S/C23H27N3O5S3/c1-16(2)34(30,31)18-6-4-17(5-7-18)14-22(27)25-10-12-26(13-11-25)23-24-20-9-8-19(33(3,28)29)15-21(20)32-23/h4-9,15-16H,10-14H2,1-3H3. The summed E-state index contributed by atoms with van der Waals surface area (Å²) in [5, 5.41) is 0.322. The first kappa shape index (κ1) is 24.6. The molecule has 1 saturated heterocycles. The average molecular weight is 522 g/mol. The Morgan fingerprint density at radius 1 is 0.971 bits per heavy atom. The van der Waals surface area contributed by atoms with E-state index in [0.29, 0.717) is 26.2 Å². The number of carbonyl (C=O) groups excluding carboxylic acids is 1. The molecule has 1 amide bonds. The van der Waals surface area contributed by atoms with Gasteiger partial charge >= 0.3 is 0 Å². The molecule has 8 nitrogen and oxygen atoms in total. The molecule has 0 radical (unpaired) electrons. The number of rotatable bonds is 6. The molecule has 1 aliphatic heterocycles. The van der Waals surface area contributed by atoms with Crippen LogP contribution in [0, 0.1) is 0 Å². The molecule has 11 heteroatoms. The Kier molecular flexibility index (Phi) is 6.71. The third kappa shape index (κ3) is 5.11. The van der Waals surface area contributed by atoms with E-state index >= 15 is 0 Å². The van der Waals surface area contributed by atoms with Crippen molar-refractivity contribution in [2.45, 2.75) is 35.3 Å². The molecule has 0 atom stereocenters. The maximum Gasteiger partial charge on any atom is 0.227 e. The fraction of sp³-hybridized carbons (Fsp3) is 0.391. The SMILES string of the molecule is CC(C)S(=O)(=O)c1ccc(CC(=O)N2CCN(c3nc4ccc(S(C)(=O)=O)cc4s3)CC2)cc1. The Morgan fingerprint density at radius 2 is 1.59 bits per heavy atom. The van der Waals surface area contributed by atoms with Gasteiger partial charge in [0.25, 0.3) is 0 Å². The van der Waals surface area contributed by atoms with E-state index in [4.69, 9.17) is 0 Å². The number of hydrogen-bond donors (Lipinski definition) is 0. The van der Waals surface area contributed by atoms with Gasteiger partial charge in [0.05, 0.1) is 31.7 Å². The van der Waals surface area contributed by atoms with Gasteiger partial charge in [-0.1, -0.05) is 23.5 Å². The Balaban J connectivity index is 1.37. The van der Waals surface area contributed by atoms with Crippen LogP contribution in [0.15, 0.2) is 52.3 Å². The zero-order valence-electron chi connectivity index (χ0n) is 19.3. The summed E-state index contributed by atoms with van der Waals surface area (Å²) >= 11 is 1.45. The minimum absolute atomic E-state index is 0.00112. The number of piperazine rings is 1. The fourth-order valence-corrected chi connectivity index (χ4v) is 6.60. The van der Waals surface area contributed by atoms with Crippen molar-refractivity contribution in [3.63, 3.8) is 0 Å². The second-order valence-corrected chi connectivity index (χ2v) is 14.2. The van der Waals surface area contributed by atoms with E-state index in [9.17, 15) is 21.6 Å². The van der Waals surface area contributed by atoms with E-state index < -0.39 is 24.9 Å². The van der Waals surface area contributed by atoms with Crippen molar-refractivity contribution in [2.24, 2.45) is 0 Å². The molecule has 0 aliphatic carbocycles. The van der Waals surface area contributed by atoms with E-state index in [0.717, 1.165) is 20.9 Å². The van der Waals surface area contributed by atoms with Gasteiger partial charge in [0.15, 0.2) is 24.8 Å². The molecule has 34 heavy (non-hydrogen) atoms. The number of sulfone groups is 2. The van der Waals surface area contributed by atoms with E-state index in [-0.39, 0.29) is 22.1 Å². The molecule has 4 rings (SSSR count). The summed E-state index contributed by atoms with van der Waals surface area (Å²) in [6.45, 7) is 5.68. The molecule has 3 aromatic rings. The number of amides is 1. The second-order valence-electron chi connectivity index (χ2n) is 8.68. The fourth-order valence-electron chi connectivity index (χ4n) is 3.76. The van der Waals surface area contributed by atoms with Crippen LogP contribution in [0.4, 0.5) is 5.13 Å². The van der Waals surface area contributed by atoms with E-state index in [1.807, 2.05) is 4.90 Å². The minimum Gasteiger partial charge on any atom is -0.345 e. The quantitative estimate of drug-likeness (QED) is 0.491. The number of fused-ring (bicyclic) bond motifs is 1. The lowest BCUT2D eigenvalue weighted by Gasteiger charge is -2.34. The van der Waals surface area contributed by atoms with Crippen molar-refractivity contribution in [1.29, 1.82) is 0 Å². The van der Waals surface area contributed by atoms with Crippen molar-refractivity contribution in [3.05, 3.63) is 48.0 Å². The molecule has 2 aromatic carbocycles. The number of nitrogens with zero attached hydrogens (tertiary/aromatic N) is 3. The smallest absolute Gasteiger partial charge is 0.227 e. The zero-order chi connectivity index (χ0) is 24.7. The van der Waals surface area contributed by atoms with Crippen LogP contribution in [0.25, 0.3) is 10.2 Å². The molecule has 0 spiro atoms. The lowest BCUT2D eigenvalue weighted by atomic mass is 10.1. The van der Waals surface area contributed by atoms with Crippen LogP contribution < -0.4 is 4.90 Å². The maximum absolute atomic E-state index is 12.8. The van der Waals surface area contributed by atoms with Crippen LogP contribution >= 0.6 is 11.3 Å². The first-order chi connectivity index (χ1) is 15.9. The molecule has 0 N–H and O–H groups in total. The number of thiazole rings is 1. The summed E-state index contributed by atoms with van der Waals surface area (Å²) in [7, 11) is -6.61. The summed E-state index contributed by atoms with van der Waals surface area (Å²) in [6, 6.07) is 11.5. The summed E-state index contributed by atoms with van der Waals surface area (Å²) in [4.78, 5) is 21.9. The van der Waals surface area contributed by atoms with Crippen LogP contribution in [0.1, 0.15) is 19.4 Å². The number of benzene rings is 2. The molecule has 1 aliphatic rings. The van der Waals surface area contributed by atoms with Gasteiger partial charge in [0.2, 0.25) is 5.91 Å². The highest BCUT2D eigenvalue weighted by atomic mass is 32.2. The summed E-state index contributed by atoms with van der Waals surface area (Å²) in [5.74, 6) is 0.00112. The van der Waals surface area contributed by atoms with Crippen molar-refractivity contribution in [2.75, 3.05) is 37.3 Å². The predicted molar refractivity (Wildman–Crippen MR) is 134 cm³/mol. The molecule has 1 aromatic heterocycles. The van der Waals surface area contributed by atoms with Gasteiger partial charge in [0.1, 0.15) is 0 Å². The molecule has 0 unspecified atom stereocenters. The molecule has 182 valence electrons. The van der Waals surface area contributed by atoms with Gasteiger partial charge in [-0.25, -0.2) is 21.8 Å². The number of carbonyl (C=O) groups is 1. The monoisotopic (exact) mass is 521 g/mol. The van der Waals surface area contributed by atoms with Crippen molar-refractivity contribution in [3.8, 4) is 0 Å². The molecule has 1 fully saturated rings. The molecule has 0 bridgehead atoms. The van der Waals surface area contributed by atoms with Crippen molar-refractivity contribution >= 4 is 52.3 Å². The maximum atomic E-state index is 12.8. The van der Waals surface area contributed by atoms with Gasteiger partial charge < -0.3 is 9.80 Å². The van der Waals surface area contributed by atoms with Crippen LogP contribution in [-0.2, 0) is 30.9 Å². The van der Waals surface area contributed by atoms with E-state index in [2.05, 4.69) is 9.88 Å². The molecular weight excluding hydrogens is 494 g/mol. The number of anilines is 1. The molecule has 0 saturated carbocycles. The predicted octanol–water partition coefficient (Wildman–Crippen LogP) is 2.77. The highest BCUT2D eigenvalue weighted by molar-refractivity contribution is 7.92. The summed E-state index contributed by atoms with van der Waals surface area (Å²) < 4.78 is 49.0. The van der Waals surface area contributed by atoms with E-state index in [1.54, 1.807) is 56.3 Å². The minimum atomic E-state index is -3.33. The van der Waals surface area contributed by atoms with Crippen LogP contribution in [0.2, 0.25) is 0 Å². The largest absolute Gasteiger partial charge is 0.345 e. The third-order valence-corrected chi connectivity index (χ3v) is 10.3. The van der Waals surface area contributed by atoms with Gasteiger partial charge in [-0.05, 0) is 49.7 Å².